The average Bonchev–Trinajstić information content (AvgIpc) is 1.93. The number of rotatable bonds is 5. The number of primary amides is 1. The van der Waals surface area contributed by atoms with Crippen LogP contribution in [0.25, 0.3) is 0 Å². The Morgan fingerprint density at radius 3 is 2.67 bits per heavy atom. The van der Waals surface area contributed by atoms with Gasteiger partial charge in [0.1, 0.15) is 0 Å². The zero-order chi connectivity index (χ0) is 8.97. The standard InChI is InChI=1S/C8H17N3O/c1-2-11(4-3-8(9)12)7-5-10-6-7/h7,10H,2-6H2,1H3,(H2,9,12). The number of likely N-dealkylation sites (N-methyl/N-ethyl adjacent to an activating group) is 1. The molecule has 0 aliphatic carbocycles. The number of nitrogens with one attached hydrogen (secondary N) is 1. The molecule has 0 aromatic rings. The van der Waals surface area contributed by atoms with Gasteiger partial charge in [0.25, 0.3) is 0 Å². The van der Waals surface area contributed by atoms with Crippen LogP contribution in [0, 0.1) is 0 Å². The highest BCUT2D eigenvalue weighted by atomic mass is 16.1. The van der Waals surface area contributed by atoms with E-state index >= 15 is 0 Å². The normalized spacial score (nSPS) is 17.8. The van der Waals surface area contributed by atoms with Crippen molar-refractivity contribution in [2.75, 3.05) is 26.2 Å². The van der Waals surface area contributed by atoms with E-state index < -0.39 is 0 Å². The molecule has 3 N–H and O–H groups in total. The second kappa shape index (κ2) is 4.42. The minimum Gasteiger partial charge on any atom is -0.370 e. The van der Waals surface area contributed by atoms with Gasteiger partial charge in [0.2, 0.25) is 5.91 Å². The summed E-state index contributed by atoms with van der Waals surface area (Å²) in [5.74, 6) is -0.208. The molecule has 0 atom stereocenters. The van der Waals surface area contributed by atoms with E-state index in [4.69, 9.17) is 5.73 Å². The summed E-state index contributed by atoms with van der Waals surface area (Å²) >= 11 is 0. The summed E-state index contributed by atoms with van der Waals surface area (Å²) in [7, 11) is 0. The van der Waals surface area contributed by atoms with E-state index in [2.05, 4.69) is 17.1 Å². The highest BCUT2D eigenvalue weighted by molar-refractivity contribution is 5.73. The van der Waals surface area contributed by atoms with Crippen molar-refractivity contribution < 1.29 is 4.79 Å². The molecular formula is C8H17N3O. The molecule has 0 aromatic carbocycles. The zero-order valence-electron chi connectivity index (χ0n) is 7.55. The summed E-state index contributed by atoms with van der Waals surface area (Å²) in [5, 5.41) is 3.21. The highest BCUT2D eigenvalue weighted by Crippen LogP contribution is 2.04. The van der Waals surface area contributed by atoms with Crippen molar-refractivity contribution in [2.45, 2.75) is 19.4 Å². The maximum Gasteiger partial charge on any atom is 0.218 e. The predicted molar refractivity (Wildman–Crippen MR) is 47.7 cm³/mol. The van der Waals surface area contributed by atoms with Gasteiger partial charge in [-0.25, -0.2) is 0 Å². The van der Waals surface area contributed by atoms with E-state index in [9.17, 15) is 4.79 Å². The lowest BCUT2D eigenvalue weighted by molar-refractivity contribution is -0.118. The summed E-state index contributed by atoms with van der Waals surface area (Å²) in [5.41, 5.74) is 5.07. The molecule has 4 heteroatoms. The molecule has 0 saturated carbocycles. The fourth-order valence-electron chi connectivity index (χ4n) is 1.38. The third kappa shape index (κ3) is 2.46. The Kier molecular flexibility index (Phi) is 3.49. The largest absolute Gasteiger partial charge is 0.370 e. The highest BCUT2D eigenvalue weighted by Gasteiger charge is 2.22. The lowest BCUT2D eigenvalue weighted by Gasteiger charge is -2.37. The van der Waals surface area contributed by atoms with Crippen molar-refractivity contribution in [1.29, 1.82) is 0 Å². The van der Waals surface area contributed by atoms with Gasteiger partial charge in [-0.05, 0) is 6.54 Å². The van der Waals surface area contributed by atoms with E-state index in [1.165, 1.54) is 0 Å². The number of carbonyl (C=O) groups is 1. The third-order valence-electron chi connectivity index (χ3n) is 2.33. The maximum atomic E-state index is 10.5. The van der Waals surface area contributed by atoms with E-state index in [1.54, 1.807) is 0 Å². The monoisotopic (exact) mass is 171 g/mol. The fourth-order valence-corrected chi connectivity index (χ4v) is 1.38. The van der Waals surface area contributed by atoms with E-state index in [-0.39, 0.29) is 5.91 Å². The van der Waals surface area contributed by atoms with Gasteiger partial charge >= 0.3 is 0 Å². The first-order valence-corrected chi connectivity index (χ1v) is 4.47. The summed E-state index contributed by atoms with van der Waals surface area (Å²) in [6.45, 7) is 6.01. The summed E-state index contributed by atoms with van der Waals surface area (Å²) in [6, 6.07) is 0.620. The molecular weight excluding hydrogens is 154 g/mol. The molecule has 12 heavy (non-hydrogen) atoms. The summed E-state index contributed by atoms with van der Waals surface area (Å²) < 4.78 is 0. The molecule has 0 bridgehead atoms. The Bertz CT molecular complexity index is 156. The van der Waals surface area contributed by atoms with Crippen LogP contribution in [-0.4, -0.2) is 43.0 Å². The van der Waals surface area contributed by atoms with Gasteiger partial charge in [-0.1, -0.05) is 6.92 Å². The van der Waals surface area contributed by atoms with Gasteiger partial charge in [0.05, 0.1) is 0 Å². The van der Waals surface area contributed by atoms with Crippen molar-refractivity contribution in [2.24, 2.45) is 5.73 Å². The van der Waals surface area contributed by atoms with Gasteiger partial charge in [-0.3, -0.25) is 9.69 Å². The minimum atomic E-state index is -0.208. The number of nitrogens with zero attached hydrogens (tertiary/aromatic N) is 1. The Balaban J connectivity index is 2.20. The molecule has 0 unspecified atom stereocenters. The van der Waals surface area contributed by atoms with Crippen LogP contribution in [0.15, 0.2) is 0 Å². The number of amides is 1. The zero-order valence-corrected chi connectivity index (χ0v) is 7.55. The first-order chi connectivity index (χ1) is 5.74. The first kappa shape index (κ1) is 9.48. The summed E-state index contributed by atoms with van der Waals surface area (Å²) in [4.78, 5) is 12.8. The van der Waals surface area contributed by atoms with Crippen LogP contribution >= 0.6 is 0 Å². The molecule has 0 spiro atoms. The fraction of sp³-hybridized carbons (Fsp3) is 0.875. The van der Waals surface area contributed by atoms with Crippen molar-refractivity contribution >= 4 is 5.91 Å². The van der Waals surface area contributed by atoms with Crippen LogP contribution in [0.2, 0.25) is 0 Å². The van der Waals surface area contributed by atoms with Crippen LogP contribution in [0.5, 0.6) is 0 Å². The molecule has 1 rings (SSSR count). The SMILES string of the molecule is CCN(CCC(N)=O)C1CNC1. The average molecular weight is 171 g/mol. The molecule has 1 aliphatic heterocycles. The molecule has 1 amide bonds. The minimum absolute atomic E-state index is 0.208. The van der Waals surface area contributed by atoms with Crippen LogP contribution in [0.3, 0.4) is 0 Å². The molecule has 1 aliphatic rings. The quantitative estimate of drug-likeness (QED) is 0.567. The lowest BCUT2D eigenvalue weighted by Crippen LogP contribution is -2.57. The number of nitrogens with two attached hydrogens (primary N) is 1. The first-order valence-electron chi connectivity index (χ1n) is 4.47. The Labute approximate surface area is 73.1 Å². The number of hydrogen-bond donors (Lipinski definition) is 2. The molecule has 70 valence electrons. The second-order valence-corrected chi connectivity index (χ2v) is 3.16. The van der Waals surface area contributed by atoms with Gasteiger partial charge in [0.15, 0.2) is 0 Å². The number of carbonyl (C=O) groups excluding carboxylic acids is 1. The lowest BCUT2D eigenvalue weighted by atomic mass is 10.1. The van der Waals surface area contributed by atoms with Crippen LogP contribution in [0.1, 0.15) is 13.3 Å². The Morgan fingerprint density at radius 2 is 2.33 bits per heavy atom. The maximum absolute atomic E-state index is 10.5. The molecule has 4 nitrogen and oxygen atoms in total. The third-order valence-corrected chi connectivity index (χ3v) is 2.33. The van der Waals surface area contributed by atoms with Gasteiger partial charge in [0, 0.05) is 32.1 Å². The van der Waals surface area contributed by atoms with Crippen molar-refractivity contribution in [3.63, 3.8) is 0 Å². The Hall–Kier alpha value is -0.610. The van der Waals surface area contributed by atoms with Crippen molar-refractivity contribution in [3.05, 3.63) is 0 Å². The van der Waals surface area contributed by atoms with Crippen LogP contribution < -0.4 is 11.1 Å². The molecule has 0 aromatic heterocycles. The van der Waals surface area contributed by atoms with Gasteiger partial charge in [-0.2, -0.15) is 0 Å². The van der Waals surface area contributed by atoms with E-state index in [0.29, 0.717) is 12.5 Å². The van der Waals surface area contributed by atoms with Gasteiger partial charge in [-0.15, -0.1) is 0 Å². The van der Waals surface area contributed by atoms with Crippen molar-refractivity contribution in [1.82, 2.24) is 10.2 Å². The smallest absolute Gasteiger partial charge is 0.218 e. The van der Waals surface area contributed by atoms with Crippen molar-refractivity contribution in [3.8, 4) is 0 Å². The van der Waals surface area contributed by atoms with Gasteiger partial charge < -0.3 is 11.1 Å². The second-order valence-electron chi connectivity index (χ2n) is 3.16. The predicted octanol–water partition coefficient (Wildman–Crippen LogP) is -0.844. The molecule has 0 radical (unpaired) electrons. The molecule has 1 saturated heterocycles. The van der Waals surface area contributed by atoms with E-state index in [1.807, 2.05) is 0 Å². The number of hydrogen-bond acceptors (Lipinski definition) is 3. The Morgan fingerprint density at radius 1 is 1.67 bits per heavy atom. The van der Waals surface area contributed by atoms with Crippen LogP contribution in [0.4, 0.5) is 0 Å². The topological polar surface area (TPSA) is 58.4 Å². The molecule has 1 heterocycles. The van der Waals surface area contributed by atoms with E-state index in [0.717, 1.165) is 26.2 Å². The molecule has 1 fully saturated rings. The summed E-state index contributed by atoms with van der Waals surface area (Å²) in [6.07, 6.45) is 0.477. The van der Waals surface area contributed by atoms with Crippen LogP contribution in [-0.2, 0) is 4.79 Å².